The van der Waals surface area contributed by atoms with Crippen molar-refractivity contribution in [2.24, 2.45) is 0 Å². The quantitative estimate of drug-likeness (QED) is 0.433. The van der Waals surface area contributed by atoms with Crippen LogP contribution < -0.4 is 4.74 Å². The van der Waals surface area contributed by atoms with Gasteiger partial charge in [-0.05, 0) is 31.0 Å². The number of alkyl halides is 3. The Balaban J connectivity index is 1.59. The van der Waals surface area contributed by atoms with Crippen molar-refractivity contribution in [3.8, 4) is 29.7 Å². The third-order valence-electron chi connectivity index (χ3n) is 5.07. The normalized spacial score (nSPS) is 18.6. The first-order chi connectivity index (χ1) is 15.8. The molecule has 0 N–H and O–H groups in total. The molecule has 7 nitrogen and oxygen atoms in total. The highest BCUT2D eigenvalue weighted by Gasteiger charge is 2.37. The summed E-state index contributed by atoms with van der Waals surface area (Å²) in [6.07, 6.45) is 5.35. The summed E-state index contributed by atoms with van der Waals surface area (Å²) in [6, 6.07) is 2.76. The molecule has 0 radical (unpaired) electrons. The van der Waals surface area contributed by atoms with E-state index in [0.717, 1.165) is 12.3 Å². The highest BCUT2D eigenvalue weighted by Crippen LogP contribution is 2.30. The van der Waals surface area contributed by atoms with Crippen LogP contribution in [0.4, 0.5) is 17.6 Å². The Morgan fingerprint density at radius 1 is 1.24 bits per heavy atom. The average Bonchev–Trinajstić information content (AvgIpc) is 3.33. The van der Waals surface area contributed by atoms with Crippen LogP contribution in [-0.4, -0.2) is 44.4 Å². The highest BCUT2D eigenvalue weighted by atomic mass is 19.4. The van der Waals surface area contributed by atoms with Crippen LogP contribution in [0.2, 0.25) is 0 Å². The van der Waals surface area contributed by atoms with Crippen molar-refractivity contribution in [1.29, 1.82) is 0 Å². The molecule has 1 aliphatic rings. The van der Waals surface area contributed by atoms with Crippen molar-refractivity contribution in [3.05, 3.63) is 60.1 Å². The van der Waals surface area contributed by atoms with Gasteiger partial charge in [0.1, 0.15) is 24.2 Å². The van der Waals surface area contributed by atoms with E-state index >= 15 is 0 Å². The molecule has 4 rings (SSSR count). The zero-order chi connectivity index (χ0) is 23.6. The number of rotatable bonds is 4. The van der Waals surface area contributed by atoms with Gasteiger partial charge in [-0.15, -0.1) is 6.42 Å². The molecule has 1 fully saturated rings. The van der Waals surface area contributed by atoms with E-state index in [2.05, 4.69) is 20.9 Å². The van der Waals surface area contributed by atoms with Crippen molar-refractivity contribution >= 4 is 5.91 Å². The van der Waals surface area contributed by atoms with Gasteiger partial charge in [-0.2, -0.15) is 13.2 Å². The number of likely N-dealkylation sites (tertiary alicyclic amines) is 1. The number of hydrogen-bond donors (Lipinski definition) is 0. The summed E-state index contributed by atoms with van der Waals surface area (Å²) < 4.78 is 63.1. The minimum atomic E-state index is -4.63. The van der Waals surface area contributed by atoms with Gasteiger partial charge in [-0.1, -0.05) is 5.92 Å². The van der Waals surface area contributed by atoms with Crippen LogP contribution in [0.1, 0.15) is 28.9 Å². The zero-order valence-electron chi connectivity index (χ0n) is 16.9. The molecule has 11 heteroatoms. The third-order valence-corrected chi connectivity index (χ3v) is 5.07. The number of benzene rings is 1. The summed E-state index contributed by atoms with van der Waals surface area (Å²) in [5.74, 6) is 1.29. The van der Waals surface area contributed by atoms with Crippen LogP contribution in [0.3, 0.4) is 0 Å². The smallest absolute Gasteiger partial charge is 0.434 e. The summed E-state index contributed by atoms with van der Waals surface area (Å²) in [4.78, 5) is 25.7. The number of hydrogen-bond acceptors (Lipinski definition) is 6. The Kier molecular flexibility index (Phi) is 6.00. The first-order valence-corrected chi connectivity index (χ1v) is 9.80. The van der Waals surface area contributed by atoms with Crippen LogP contribution in [0.15, 0.2) is 47.5 Å². The van der Waals surface area contributed by atoms with E-state index in [1.54, 1.807) is 0 Å². The molecule has 0 bridgehead atoms. The van der Waals surface area contributed by atoms with Crippen molar-refractivity contribution in [2.75, 3.05) is 6.54 Å². The molecule has 1 aromatic carbocycles. The van der Waals surface area contributed by atoms with Crippen molar-refractivity contribution < 1.29 is 31.5 Å². The molecule has 0 unspecified atom stereocenters. The number of amides is 1. The monoisotopic (exact) mass is 460 g/mol. The number of aromatic nitrogens is 3. The lowest BCUT2D eigenvalue weighted by molar-refractivity contribution is -0.141. The molecule has 1 aliphatic heterocycles. The van der Waals surface area contributed by atoms with Crippen LogP contribution >= 0.6 is 0 Å². The predicted octanol–water partition coefficient (Wildman–Crippen LogP) is 3.97. The second-order valence-corrected chi connectivity index (χ2v) is 7.17. The standard InChI is InChI=1S/C22H16F4N4O3/c1-2-16-17(33-19-12-28-18(11-29-19)22(24,25)26)4-3-8-30(16)21(31)15-10-13(23)5-6-14(15)20-27-7-9-32-20/h1,5-7,9-12,16-17H,3-4,8H2/t16-,17+/m0/s1. The number of piperidine rings is 1. The SMILES string of the molecule is C#C[C@H]1[C@H](Oc2cnc(C(F)(F)F)cn2)CCCN1C(=O)c1cc(F)ccc1-c1ncco1. The number of oxazole rings is 1. The maximum Gasteiger partial charge on any atom is 0.434 e. The molecule has 3 heterocycles. The van der Waals surface area contributed by atoms with Crippen molar-refractivity contribution in [1.82, 2.24) is 19.9 Å². The maximum absolute atomic E-state index is 14.0. The van der Waals surface area contributed by atoms with E-state index in [1.165, 1.54) is 29.5 Å². The second-order valence-electron chi connectivity index (χ2n) is 7.17. The van der Waals surface area contributed by atoms with Crippen molar-refractivity contribution in [3.63, 3.8) is 0 Å². The summed E-state index contributed by atoms with van der Waals surface area (Å²) in [6.45, 7) is 0.272. The topological polar surface area (TPSA) is 81.4 Å². The average molecular weight is 460 g/mol. The molecule has 2 aromatic heterocycles. The third kappa shape index (κ3) is 4.64. The molecule has 1 amide bonds. The first-order valence-electron chi connectivity index (χ1n) is 9.80. The summed E-state index contributed by atoms with van der Waals surface area (Å²) in [7, 11) is 0. The van der Waals surface area contributed by atoms with Gasteiger partial charge in [0.2, 0.25) is 11.8 Å². The molecule has 33 heavy (non-hydrogen) atoms. The second kappa shape index (κ2) is 8.90. The van der Waals surface area contributed by atoms with Crippen LogP contribution in [0, 0.1) is 18.2 Å². The number of halogens is 4. The maximum atomic E-state index is 14.0. The Bertz CT molecular complexity index is 1170. The minimum absolute atomic E-state index is 0.00710. The zero-order valence-corrected chi connectivity index (χ0v) is 16.9. The van der Waals surface area contributed by atoms with E-state index in [1.807, 2.05) is 0 Å². The lowest BCUT2D eigenvalue weighted by Gasteiger charge is -2.38. The predicted molar refractivity (Wildman–Crippen MR) is 106 cm³/mol. The van der Waals surface area contributed by atoms with Crippen LogP contribution in [-0.2, 0) is 6.18 Å². The van der Waals surface area contributed by atoms with Gasteiger partial charge in [0, 0.05) is 6.54 Å². The van der Waals surface area contributed by atoms with Gasteiger partial charge in [0.05, 0.1) is 29.7 Å². The first kappa shape index (κ1) is 22.3. The minimum Gasteiger partial charge on any atom is -0.470 e. The molecule has 0 spiro atoms. The molecule has 0 saturated carbocycles. The van der Waals surface area contributed by atoms with Gasteiger partial charge in [0.15, 0.2) is 5.69 Å². The van der Waals surface area contributed by atoms with Gasteiger partial charge in [-0.25, -0.2) is 19.3 Å². The van der Waals surface area contributed by atoms with Crippen LogP contribution in [0.25, 0.3) is 11.5 Å². The van der Waals surface area contributed by atoms with Crippen LogP contribution in [0.5, 0.6) is 5.88 Å². The molecule has 0 aliphatic carbocycles. The number of carbonyl (C=O) groups excluding carboxylic acids is 1. The van der Waals surface area contributed by atoms with E-state index in [9.17, 15) is 22.4 Å². The van der Waals surface area contributed by atoms with Gasteiger partial charge in [0.25, 0.3) is 5.91 Å². The fourth-order valence-corrected chi connectivity index (χ4v) is 3.58. The molecule has 3 aromatic rings. The number of nitrogens with zero attached hydrogens (tertiary/aromatic N) is 4. The lowest BCUT2D eigenvalue weighted by Crippen LogP contribution is -2.52. The summed E-state index contributed by atoms with van der Waals surface area (Å²) in [5, 5.41) is 0. The number of terminal acetylenes is 1. The fourth-order valence-electron chi connectivity index (χ4n) is 3.58. The molecular weight excluding hydrogens is 444 g/mol. The lowest BCUT2D eigenvalue weighted by atomic mass is 9.96. The van der Waals surface area contributed by atoms with Gasteiger partial charge < -0.3 is 14.1 Å². The van der Waals surface area contributed by atoms with E-state index < -0.39 is 35.7 Å². The molecular formula is C22H16F4N4O3. The molecule has 2 atom stereocenters. The Hall–Kier alpha value is -3.94. The van der Waals surface area contributed by atoms with E-state index in [4.69, 9.17) is 15.6 Å². The van der Waals surface area contributed by atoms with E-state index in [-0.39, 0.29) is 23.9 Å². The summed E-state index contributed by atoms with van der Waals surface area (Å²) >= 11 is 0. The molecule has 170 valence electrons. The highest BCUT2D eigenvalue weighted by molar-refractivity contribution is 6.00. The number of ether oxygens (including phenoxy) is 1. The van der Waals surface area contributed by atoms with E-state index in [0.29, 0.717) is 24.6 Å². The largest absolute Gasteiger partial charge is 0.470 e. The van der Waals surface area contributed by atoms with Crippen molar-refractivity contribution in [2.45, 2.75) is 31.2 Å². The Morgan fingerprint density at radius 2 is 2.06 bits per heavy atom. The fraction of sp³-hybridized carbons (Fsp3) is 0.273. The Morgan fingerprint density at radius 3 is 2.70 bits per heavy atom. The van der Waals surface area contributed by atoms with Gasteiger partial charge >= 0.3 is 6.18 Å². The van der Waals surface area contributed by atoms with Gasteiger partial charge in [-0.3, -0.25) is 4.79 Å². The number of carbonyl (C=O) groups is 1. The summed E-state index contributed by atoms with van der Waals surface area (Å²) in [5.41, 5.74) is -0.861. The Labute approximate surface area is 185 Å². The molecule has 1 saturated heterocycles.